The Labute approximate surface area is 97.1 Å². The highest BCUT2D eigenvalue weighted by Crippen LogP contribution is 2.06. The molecule has 5 heteroatoms. The summed E-state index contributed by atoms with van der Waals surface area (Å²) in [6.45, 7) is 1.97. The fourth-order valence-electron chi connectivity index (χ4n) is 1.87. The van der Waals surface area contributed by atoms with Crippen molar-refractivity contribution >= 4 is 10.9 Å². The summed E-state index contributed by atoms with van der Waals surface area (Å²) < 4.78 is 2.46. The minimum atomic E-state index is -0.433. The second-order valence-electron chi connectivity index (χ2n) is 3.59. The molecule has 17 heavy (non-hydrogen) atoms. The van der Waals surface area contributed by atoms with Gasteiger partial charge in [0.05, 0.1) is 17.0 Å². The number of nitriles is 1. The lowest BCUT2D eigenvalue weighted by atomic mass is 10.2. The predicted molar refractivity (Wildman–Crippen MR) is 63.8 cm³/mol. The van der Waals surface area contributed by atoms with E-state index in [0.29, 0.717) is 17.4 Å². The van der Waals surface area contributed by atoms with E-state index in [1.165, 1.54) is 4.57 Å². The molecule has 2 aromatic rings. The highest BCUT2D eigenvalue weighted by atomic mass is 16.2. The van der Waals surface area contributed by atoms with Crippen LogP contribution in [0.1, 0.15) is 6.92 Å². The first-order valence-electron chi connectivity index (χ1n) is 5.30. The van der Waals surface area contributed by atoms with Crippen LogP contribution in [-0.2, 0) is 13.1 Å². The molecule has 1 aromatic carbocycles. The van der Waals surface area contributed by atoms with Crippen LogP contribution >= 0.6 is 0 Å². The Hall–Kier alpha value is -2.35. The lowest BCUT2D eigenvalue weighted by Gasteiger charge is -2.09. The van der Waals surface area contributed by atoms with Crippen molar-refractivity contribution in [2.75, 3.05) is 0 Å². The molecular weight excluding hydrogens is 218 g/mol. The number of fused-ring (bicyclic) bond motifs is 1. The Morgan fingerprint density at radius 3 is 2.59 bits per heavy atom. The smallest absolute Gasteiger partial charge is 0.279 e. The normalized spacial score (nSPS) is 10.4. The maximum atomic E-state index is 12.0. The predicted octanol–water partition coefficient (Wildman–Crippen LogP) is 0.707. The summed E-state index contributed by atoms with van der Waals surface area (Å²) in [5, 5.41) is 9.20. The largest absolute Gasteiger partial charge is 0.332 e. The Morgan fingerprint density at radius 1 is 1.24 bits per heavy atom. The van der Waals surface area contributed by atoms with E-state index in [4.69, 9.17) is 5.26 Å². The van der Waals surface area contributed by atoms with Gasteiger partial charge in [-0.1, -0.05) is 12.1 Å². The molecule has 5 nitrogen and oxygen atoms in total. The molecule has 0 bridgehead atoms. The molecule has 0 saturated heterocycles. The summed E-state index contributed by atoms with van der Waals surface area (Å²) in [6.07, 6.45) is 0. The van der Waals surface area contributed by atoms with Crippen molar-refractivity contribution in [2.24, 2.45) is 0 Å². The third kappa shape index (κ3) is 1.64. The van der Waals surface area contributed by atoms with Gasteiger partial charge in [0.2, 0.25) is 0 Å². The van der Waals surface area contributed by atoms with Gasteiger partial charge in [-0.15, -0.1) is 0 Å². The molecular formula is C12H11N3O2. The number of nitrogens with zero attached hydrogens (tertiary/aromatic N) is 3. The van der Waals surface area contributed by atoms with Gasteiger partial charge in [-0.2, -0.15) is 5.26 Å². The van der Waals surface area contributed by atoms with Crippen molar-refractivity contribution in [3.63, 3.8) is 0 Å². The molecule has 0 fully saturated rings. The second kappa shape index (κ2) is 4.26. The molecule has 1 aromatic heterocycles. The van der Waals surface area contributed by atoms with E-state index < -0.39 is 5.69 Å². The standard InChI is InChI=1S/C12H11N3O2/c1-2-14-11(16)9-5-3-4-6-10(9)15(8-7-13)12(14)17/h3-6H,2,8H2,1H3. The van der Waals surface area contributed by atoms with Crippen LogP contribution in [0.15, 0.2) is 33.9 Å². The second-order valence-corrected chi connectivity index (χ2v) is 3.59. The first kappa shape index (κ1) is 11.1. The van der Waals surface area contributed by atoms with Gasteiger partial charge in [-0.3, -0.25) is 13.9 Å². The van der Waals surface area contributed by atoms with Gasteiger partial charge in [0.25, 0.3) is 5.56 Å². The third-order valence-corrected chi connectivity index (χ3v) is 2.68. The summed E-state index contributed by atoms with van der Waals surface area (Å²) in [7, 11) is 0. The molecule has 0 saturated carbocycles. The number of para-hydroxylation sites is 1. The maximum Gasteiger partial charge on any atom is 0.332 e. The van der Waals surface area contributed by atoms with E-state index in [1.807, 2.05) is 6.07 Å². The van der Waals surface area contributed by atoms with Crippen LogP contribution in [0.4, 0.5) is 0 Å². The molecule has 0 aliphatic heterocycles. The van der Waals surface area contributed by atoms with E-state index in [-0.39, 0.29) is 12.1 Å². The van der Waals surface area contributed by atoms with Crippen molar-refractivity contribution < 1.29 is 0 Å². The molecule has 0 aliphatic carbocycles. The molecule has 0 unspecified atom stereocenters. The number of aromatic nitrogens is 2. The number of rotatable bonds is 2. The molecule has 0 atom stereocenters. The van der Waals surface area contributed by atoms with E-state index in [1.54, 1.807) is 31.2 Å². The van der Waals surface area contributed by atoms with Crippen molar-refractivity contribution in [1.29, 1.82) is 5.26 Å². The Morgan fingerprint density at radius 2 is 1.94 bits per heavy atom. The molecule has 0 amide bonds. The molecule has 86 valence electrons. The van der Waals surface area contributed by atoms with E-state index in [2.05, 4.69) is 0 Å². The highest BCUT2D eigenvalue weighted by Gasteiger charge is 2.10. The highest BCUT2D eigenvalue weighted by molar-refractivity contribution is 5.77. The average Bonchev–Trinajstić information content (AvgIpc) is 2.35. The van der Waals surface area contributed by atoms with Gasteiger partial charge in [-0.05, 0) is 19.1 Å². The van der Waals surface area contributed by atoms with Gasteiger partial charge in [-0.25, -0.2) is 4.79 Å². The molecule has 0 aliphatic rings. The topological polar surface area (TPSA) is 67.8 Å². The van der Waals surface area contributed by atoms with E-state index >= 15 is 0 Å². The van der Waals surface area contributed by atoms with Crippen molar-refractivity contribution in [1.82, 2.24) is 9.13 Å². The van der Waals surface area contributed by atoms with Crippen molar-refractivity contribution in [3.05, 3.63) is 45.1 Å². The number of hydrogen-bond donors (Lipinski definition) is 0. The summed E-state index contributed by atoms with van der Waals surface area (Å²) >= 11 is 0. The van der Waals surface area contributed by atoms with Gasteiger partial charge in [0, 0.05) is 6.54 Å². The maximum absolute atomic E-state index is 12.0. The fraction of sp³-hybridized carbons (Fsp3) is 0.250. The summed E-state index contributed by atoms with van der Waals surface area (Å²) in [5.74, 6) is 0. The van der Waals surface area contributed by atoms with E-state index in [0.717, 1.165) is 4.57 Å². The van der Waals surface area contributed by atoms with Crippen LogP contribution in [0.3, 0.4) is 0 Å². The van der Waals surface area contributed by atoms with E-state index in [9.17, 15) is 9.59 Å². The zero-order valence-electron chi connectivity index (χ0n) is 9.38. The van der Waals surface area contributed by atoms with Crippen LogP contribution in [0.25, 0.3) is 10.9 Å². The lowest BCUT2D eigenvalue weighted by Crippen LogP contribution is -2.39. The van der Waals surface area contributed by atoms with Crippen LogP contribution in [-0.4, -0.2) is 9.13 Å². The quantitative estimate of drug-likeness (QED) is 0.761. The van der Waals surface area contributed by atoms with Crippen molar-refractivity contribution in [3.8, 4) is 6.07 Å². The minimum absolute atomic E-state index is 0.0559. The molecule has 0 radical (unpaired) electrons. The van der Waals surface area contributed by atoms with Crippen molar-refractivity contribution in [2.45, 2.75) is 20.0 Å². The number of benzene rings is 1. The van der Waals surface area contributed by atoms with Crippen LogP contribution in [0, 0.1) is 11.3 Å². The fourth-order valence-corrected chi connectivity index (χ4v) is 1.87. The lowest BCUT2D eigenvalue weighted by molar-refractivity contribution is 0.626. The Kier molecular flexibility index (Phi) is 2.79. The third-order valence-electron chi connectivity index (χ3n) is 2.68. The van der Waals surface area contributed by atoms with Gasteiger partial charge in [0.1, 0.15) is 6.54 Å². The minimum Gasteiger partial charge on any atom is -0.279 e. The zero-order valence-corrected chi connectivity index (χ0v) is 9.38. The summed E-state index contributed by atoms with van der Waals surface area (Å²) in [6, 6.07) is 8.76. The Balaban J connectivity index is 3.02. The zero-order chi connectivity index (χ0) is 12.4. The summed E-state index contributed by atoms with van der Waals surface area (Å²) in [4.78, 5) is 24.0. The first-order valence-corrected chi connectivity index (χ1v) is 5.30. The SMILES string of the molecule is CCn1c(=O)c2ccccc2n(CC#N)c1=O. The first-order chi connectivity index (χ1) is 8.20. The summed E-state index contributed by atoms with van der Waals surface area (Å²) in [5.41, 5.74) is -0.228. The molecule has 0 spiro atoms. The van der Waals surface area contributed by atoms with Crippen LogP contribution in [0.2, 0.25) is 0 Å². The molecule has 1 heterocycles. The van der Waals surface area contributed by atoms with Crippen LogP contribution < -0.4 is 11.2 Å². The van der Waals surface area contributed by atoms with Gasteiger partial charge >= 0.3 is 5.69 Å². The molecule has 0 N–H and O–H groups in total. The molecule has 2 rings (SSSR count). The van der Waals surface area contributed by atoms with Gasteiger partial charge < -0.3 is 0 Å². The van der Waals surface area contributed by atoms with Gasteiger partial charge in [0.15, 0.2) is 0 Å². The Bertz CT molecular complexity index is 719. The van der Waals surface area contributed by atoms with Crippen LogP contribution in [0.5, 0.6) is 0 Å². The monoisotopic (exact) mass is 229 g/mol. The average molecular weight is 229 g/mol. The number of hydrogen-bond acceptors (Lipinski definition) is 3.